The van der Waals surface area contributed by atoms with Crippen LogP contribution in [0.15, 0.2) is 29.9 Å². The van der Waals surface area contributed by atoms with Crippen LogP contribution < -0.4 is 0 Å². The van der Waals surface area contributed by atoms with E-state index >= 15 is 0 Å². The van der Waals surface area contributed by atoms with E-state index in [-0.39, 0.29) is 0 Å². The maximum absolute atomic E-state index is 8.91. The number of nitrogens with zero attached hydrogens (tertiary/aromatic N) is 2. The van der Waals surface area contributed by atoms with Gasteiger partial charge in [0, 0.05) is 17.0 Å². The molecule has 1 aliphatic carbocycles. The molecular formula is C18H26N2. The maximum Gasteiger partial charge on any atom is 0.0947 e. The third kappa shape index (κ3) is 5.40. The standard InChI is InChI=1S/C14H14N2.2C2H6/c1-10-6-14(7-11(2)16-10)13-5-3-4-12(8-13)9-15;2*1-2/h5-8H,3-4H2,1-2H3;2*1-2H3. The first-order valence-electron chi connectivity index (χ1n) is 7.45. The Labute approximate surface area is 123 Å². The van der Waals surface area contributed by atoms with Crippen LogP contribution in [0.4, 0.5) is 0 Å². The molecule has 0 spiro atoms. The molecule has 2 heteroatoms. The molecule has 0 fully saturated rings. The predicted octanol–water partition coefficient (Wildman–Crippen LogP) is 5.38. The summed E-state index contributed by atoms with van der Waals surface area (Å²) in [5.41, 5.74) is 5.22. The average molecular weight is 270 g/mol. The van der Waals surface area contributed by atoms with E-state index in [9.17, 15) is 0 Å². The summed E-state index contributed by atoms with van der Waals surface area (Å²) < 4.78 is 0. The van der Waals surface area contributed by atoms with Gasteiger partial charge in [0.2, 0.25) is 0 Å². The van der Waals surface area contributed by atoms with E-state index in [1.54, 1.807) is 0 Å². The number of aryl methyl sites for hydroxylation is 2. The molecule has 0 radical (unpaired) electrons. The fourth-order valence-corrected chi connectivity index (χ4v) is 1.99. The fourth-order valence-electron chi connectivity index (χ4n) is 1.99. The van der Waals surface area contributed by atoms with Gasteiger partial charge in [0.05, 0.1) is 6.07 Å². The lowest BCUT2D eigenvalue weighted by Crippen LogP contribution is -1.94. The molecule has 0 atom stereocenters. The summed E-state index contributed by atoms with van der Waals surface area (Å²) in [5.74, 6) is 0. The number of hydrogen-bond acceptors (Lipinski definition) is 2. The minimum absolute atomic E-state index is 0.864. The summed E-state index contributed by atoms with van der Waals surface area (Å²) in [7, 11) is 0. The number of pyridine rings is 1. The average Bonchev–Trinajstić information content (AvgIpc) is 2.50. The second-order valence-electron chi connectivity index (χ2n) is 4.12. The summed E-state index contributed by atoms with van der Waals surface area (Å²) in [6, 6.07) is 6.37. The molecule has 0 bridgehead atoms. The van der Waals surface area contributed by atoms with Gasteiger partial charge in [0.25, 0.3) is 0 Å². The Balaban J connectivity index is 0.000000829. The molecule has 1 aromatic heterocycles. The fraction of sp³-hybridized carbons (Fsp3) is 0.444. The SMILES string of the molecule is CC.CC.Cc1cc(C2=CCCC(C#N)=C2)cc(C)n1. The molecule has 20 heavy (non-hydrogen) atoms. The van der Waals surface area contributed by atoms with Crippen molar-refractivity contribution in [1.29, 1.82) is 5.26 Å². The summed E-state index contributed by atoms with van der Waals surface area (Å²) in [6.45, 7) is 12.0. The van der Waals surface area contributed by atoms with E-state index in [0.29, 0.717) is 0 Å². The zero-order valence-corrected chi connectivity index (χ0v) is 13.6. The second-order valence-corrected chi connectivity index (χ2v) is 4.12. The molecule has 0 unspecified atom stereocenters. The van der Waals surface area contributed by atoms with Crippen molar-refractivity contribution in [3.05, 3.63) is 46.8 Å². The molecule has 1 aromatic rings. The second kappa shape index (κ2) is 9.97. The molecule has 0 aromatic carbocycles. The van der Waals surface area contributed by atoms with Gasteiger partial charge in [-0.1, -0.05) is 33.8 Å². The number of allylic oxidation sites excluding steroid dienone is 4. The lowest BCUT2D eigenvalue weighted by molar-refractivity contribution is 0.997. The molecule has 1 aliphatic rings. The summed E-state index contributed by atoms with van der Waals surface area (Å²) >= 11 is 0. The molecule has 0 saturated heterocycles. The summed E-state index contributed by atoms with van der Waals surface area (Å²) in [5, 5.41) is 8.91. The third-order valence-corrected chi connectivity index (χ3v) is 2.67. The lowest BCUT2D eigenvalue weighted by atomic mass is 9.95. The van der Waals surface area contributed by atoms with Crippen molar-refractivity contribution in [1.82, 2.24) is 4.98 Å². The maximum atomic E-state index is 8.91. The molecule has 1 heterocycles. The van der Waals surface area contributed by atoms with Gasteiger partial charge < -0.3 is 0 Å². The molecule has 0 saturated carbocycles. The van der Waals surface area contributed by atoms with Crippen LogP contribution in [0.3, 0.4) is 0 Å². The van der Waals surface area contributed by atoms with E-state index in [1.807, 2.05) is 47.6 Å². The Morgan fingerprint density at radius 2 is 1.60 bits per heavy atom. The van der Waals surface area contributed by atoms with E-state index in [0.717, 1.165) is 40.9 Å². The molecular weight excluding hydrogens is 244 g/mol. The highest BCUT2D eigenvalue weighted by atomic mass is 14.7. The van der Waals surface area contributed by atoms with Gasteiger partial charge in [-0.3, -0.25) is 4.98 Å². The van der Waals surface area contributed by atoms with Gasteiger partial charge in [0.1, 0.15) is 0 Å². The van der Waals surface area contributed by atoms with Crippen molar-refractivity contribution in [2.24, 2.45) is 0 Å². The minimum atomic E-state index is 0.864. The summed E-state index contributed by atoms with van der Waals surface area (Å²) in [6.07, 6.45) is 5.99. The Morgan fingerprint density at radius 3 is 2.10 bits per heavy atom. The first-order valence-corrected chi connectivity index (χ1v) is 7.45. The van der Waals surface area contributed by atoms with Crippen LogP contribution in [-0.2, 0) is 0 Å². The van der Waals surface area contributed by atoms with E-state index in [2.05, 4.69) is 29.3 Å². The smallest absolute Gasteiger partial charge is 0.0947 e. The highest BCUT2D eigenvalue weighted by Gasteiger charge is 2.07. The number of rotatable bonds is 1. The van der Waals surface area contributed by atoms with Gasteiger partial charge >= 0.3 is 0 Å². The van der Waals surface area contributed by atoms with Crippen LogP contribution in [0.25, 0.3) is 5.57 Å². The first-order chi connectivity index (χ1) is 9.69. The van der Waals surface area contributed by atoms with Crippen LogP contribution in [-0.4, -0.2) is 4.98 Å². The van der Waals surface area contributed by atoms with Gasteiger partial charge in [-0.2, -0.15) is 5.26 Å². The van der Waals surface area contributed by atoms with Gasteiger partial charge in [-0.05, 0) is 56.0 Å². The van der Waals surface area contributed by atoms with Crippen molar-refractivity contribution in [3.8, 4) is 6.07 Å². The van der Waals surface area contributed by atoms with E-state index in [4.69, 9.17) is 5.26 Å². The van der Waals surface area contributed by atoms with E-state index < -0.39 is 0 Å². The van der Waals surface area contributed by atoms with Gasteiger partial charge in [-0.25, -0.2) is 0 Å². The van der Waals surface area contributed by atoms with Crippen molar-refractivity contribution < 1.29 is 0 Å². The Kier molecular flexibility index (Phi) is 9.04. The van der Waals surface area contributed by atoms with Crippen LogP contribution in [0, 0.1) is 25.2 Å². The third-order valence-electron chi connectivity index (χ3n) is 2.67. The normalized spacial score (nSPS) is 12.7. The quantitative estimate of drug-likeness (QED) is 0.687. The van der Waals surface area contributed by atoms with Gasteiger partial charge in [-0.15, -0.1) is 0 Å². The Bertz CT molecular complexity index is 496. The van der Waals surface area contributed by atoms with Crippen molar-refractivity contribution in [3.63, 3.8) is 0 Å². The Morgan fingerprint density at radius 1 is 1.05 bits per heavy atom. The van der Waals surface area contributed by atoms with Gasteiger partial charge in [0.15, 0.2) is 0 Å². The molecule has 0 aliphatic heterocycles. The van der Waals surface area contributed by atoms with Crippen LogP contribution >= 0.6 is 0 Å². The zero-order valence-electron chi connectivity index (χ0n) is 13.6. The molecule has 0 amide bonds. The van der Waals surface area contributed by atoms with E-state index in [1.165, 1.54) is 0 Å². The van der Waals surface area contributed by atoms with Crippen LogP contribution in [0.1, 0.15) is 57.5 Å². The largest absolute Gasteiger partial charge is 0.258 e. The van der Waals surface area contributed by atoms with Crippen LogP contribution in [0.2, 0.25) is 0 Å². The highest BCUT2D eigenvalue weighted by molar-refractivity contribution is 5.76. The number of hydrogen-bond donors (Lipinski definition) is 0. The zero-order chi connectivity index (χ0) is 15.5. The number of aromatic nitrogens is 1. The highest BCUT2D eigenvalue weighted by Crippen LogP contribution is 2.25. The van der Waals surface area contributed by atoms with Crippen LogP contribution in [0.5, 0.6) is 0 Å². The molecule has 108 valence electrons. The molecule has 2 nitrogen and oxygen atoms in total. The minimum Gasteiger partial charge on any atom is -0.258 e. The van der Waals surface area contributed by atoms with Crippen molar-refractivity contribution >= 4 is 5.57 Å². The van der Waals surface area contributed by atoms with Crippen molar-refractivity contribution in [2.75, 3.05) is 0 Å². The molecule has 0 N–H and O–H groups in total. The number of nitriles is 1. The molecule has 2 rings (SSSR count). The predicted molar refractivity (Wildman–Crippen MR) is 87.3 cm³/mol. The topological polar surface area (TPSA) is 36.7 Å². The lowest BCUT2D eigenvalue weighted by Gasteiger charge is -2.10. The summed E-state index contributed by atoms with van der Waals surface area (Å²) in [4.78, 5) is 4.36. The first kappa shape index (κ1) is 18.1. The monoisotopic (exact) mass is 270 g/mol. The Hall–Kier alpha value is -1.88. The van der Waals surface area contributed by atoms with Crippen molar-refractivity contribution in [2.45, 2.75) is 54.4 Å².